The highest BCUT2D eigenvalue weighted by molar-refractivity contribution is 5.75. The number of hydrogen-bond donors (Lipinski definition) is 1. The Morgan fingerprint density at radius 2 is 1.89 bits per heavy atom. The van der Waals surface area contributed by atoms with Crippen LogP contribution in [0.3, 0.4) is 0 Å². The first kappa shape index (κ1) is 11.2. The maximum atomic E-state index is 4.68. The quantitative estimate of drug-likeness (QED) is 0.888. The molecule has 0 bridgehead atoms. The lowest BCUT2D eigenvalue weighted by molar-refractivity contribution is 0.434. The molecule has 1 N–H and O–H groups in total. The van der Waals surface area contributed by atoms with Crippen LogP contribution in [0.2, 0.25) is 0 Å². The molecule has 0 spiro atoms. The second kappa shape index (κ2) is 4.48. The van der Waals surface area contributed by atoms with Crippen LogP contribution < -0.4 is 5.32 Å². The number of fused-ring (bicyclic) bond motifs is 2. The zero-order valence-electron chi connectivity index (χ0n) is 11.0. The highest BCUT2D eigenvalue weighted by Gasteiger charge is 2.39. The van der Waals surface area contributed by atoms with Gasteiger partial charge in [-0.3, -0.25) is 4.98 Å². The zero-order chi connectivity index (χ0) is 12.7. The van der Waals surface area contributed by atoms with Crippen LogP contribution in [-0.2, 0) is 0 Å². The first-order valence-corrected chi connectivity index (χ1v) is 7.38. The van der Waals surface area contributed by atoms with E-state index in [1.54, 1.807) is 0 Å². The second-order valence-electron chi connectivity index (χ2n) is 5.93. The van der Waals surface area contributed by atoms with Crippen molar-refractivity contribution in [3.8, 4) is 0 Å². The topological polar surface area (TPSA) is 37.8 Å². The van der Waals surface area contributed by atoms with E-state index in [0.29, 0.717) is 6.04 Å². The molecule has 4 rings (SSSR count). The summed E-state index contributed by atoms with van der Waals surface area (Å²) in [6.45, 7) is 0. The van der Waals surface area contributed by atoms with Crippen molar-refractivity contribution in [3.63, 3.8) is 0 Å². The number of benzene rings is 1. The Bertz CT molecular complexity index is 595. The Labute approximate surface area is 113 Å². The van der Waals surface area contributed by atoms with Crippen molar-refractivity contribution >= 4 is 16.9 Å². The maximum absolute atomic E-state index is 4.68. The minimum Gasteiger partial charge on any atom is -0.366 e. The van der Waals surface area contributed by atoms with E-state index in [1.807, 2.05) is 30.5 Å². The highest BCUT2D eigenvalue weighted by atomic mass is 15.0. The number of nitrogens with one attached hydrogen (secondary N) is 1. The molecule has 0 aliphatic heterocycles. The minimum atomic E-state index is 0.614. The van der Waals surface area contributed by atoms with Crippen LogP contribution in [0, 0.1) is 11.8 Å². The van der Waals surface area contributed by atoms with Crippen molar-refractivity contribution in [3.05, 3.63) is 30.5 Å². The van der Waals surface area contributed by atoms with E-state index in [-0.39, 0.29) is 0 Å². The third-order valence-corrected chi connectivity index (χ3v) is 4.86. The third-order valence-electron chi connectivity index (χ3n) is 4.86. The van der Waals surface area contributed by atoms with Crippen LogP contribution in [0.5, 0.6) is 0 Å². The molecule has 19 heavy (non-hydrogen) atoms. The SMILES string of the molecule is c1ccc2nc(NC3CCC4CCCC43)cnc2c1. The minimum absolute atomic E-state index is 0.614. The van der Waals surface area contributed by atoms with Gasteiger partial charge in [0.2, 0.25) is 0 Å². The van der Waals surface area contributed by atoms with Gasteiger partial charge in [0.15, 0.2) is 0 Å². The van der Waals surface area contributed by atoms with Gasteiger partial charge in [0.25, 0.3) is 0 Å². The smallest absolute Gasteiger partial charge is 0.145 e. The summed E-state index contributed by atoms with van der Waals surface area (Å²) in [7, 11) is 0. The number of aromatic nitrogens is 2. The van der Waals surface area contributed by atoms with E-state index in [9.17, 15) is 0 Å². The van der Waals surface area contributed by atoms with E-state index >= 15 is 0 Å². The fraction of sp³-hybridized carbons (Fsp3) is 0.500. The van der Waals surface area contributed by atoms with Gasteiger partial charge in [-0.25, -0.2) is 4.98 Å². The summed E-state index contributed by atoms with van der Waals surface area (Å²) in [4.78, 5) is 9.16. The predicted molar refractivity (Wildman–Crippen MR) is 77.0 cm³/mol. The van der Waals surface area contributed by atoms with Gasteiger partial charge in [-0.05, 0) is 43.2 Å². The molecule has 1 aromatic carbocycles. The third kappa shape index (κ3) is 1.97. The number of hydrogen-bond acceptors (Lipinski definition) is 3. The first-order valence-electron chi connectivity index (χ1n) is 7.38. The summed E-state index contributed by atoms with van der Waals surface area (Å²) in [5, 5.41) is 3.63. The molecular weight excluding hydrogens is 234 g/mol. The zero-order valence-corrected chi connectivity index (χ0v) is 11.0. The average Bonchev–Trinajstić information content (AvgIpc) is 3.04. The number of para-hydroxylation sites is 2. The molecular formula is C16H19N3. The van der Waals surface area contributed by atoms with Gasteiger partial charge in [0.05, 0.1) is 17.2 Å². The number of anilines is 1. The van der Waals surface area contributed by atoms with Crippen molar-refractivity contribution in [2.75, 3.05) is 5.32 Å². The Morgan fingerprint density at radius 3 is 2.84 bits per heavy atom. The van der Waals surface area contributed by atoms with E-state index < -0.39 is 0 Å². The normalized spacial score (nSPS) is 29.6. The summed E-state index contributed by atoms with van der Waals surface area (Å²) in [5.41, 5.74) is 1.95. The Kier molecular flexibility index (Phi) is 2.64. The summed E-state index contributed by atoms with van der Waals surface area (Å²) in [5.74, 6) is 2.77. The van der Waals surface area contributed by atoms with Crippen LogP contribution in [-0.4, -0.2) is 16.0 Å². The monoisotopic (exact) mass is 253 g/mol. The average molecular weight is 253 g/mol. The Balaban J connectivity index is 1.58. The van der Waals surface area contributed by atoms with Crippen LogP contribution in [0.1, 0.15) is 32.1 Å². The van der Waals surface area contributed by atoms with Crippen molar-refractivity contribution < 1.29 is 0 Å². The van der Waals surface area contributed by atoms with Crippen LogP contribution in [0.4, 0.5) is 5.82 Å². The van der Waals surface area contributed by atoms with Crippen LogP contribution >= 0.6 is 0 Å². The molecule has 3 heteroatoms. The largest absolute Gasteiger partial charge is 0.366 e. The lowest BCUT2D eigenvalue weighted by atomic mass is 9.98. The van der Waals surface area contributed by atoms with Crippen molar-refractivity contribution in [1.82, 2.24) is 9.97 Å². The van der Waals surface area contributed by atoms with Crippen molar-refractivity contribution in [2.45, 2.75) is 38.1 Å². The molecule has 3 unspecified atom stereocenters. The first-order chi connectivity index (χ1) is 9.40. The maximum Gasteiger partial charge on any atom is 0.145 e. The van der Waals surface area contributed by atoms with E-state index in [4.69, 9.17) is 0 Å². The van der Waals surface area contributed by atoms with Gasteiger partial charge >= 0.3 is 0 Å². The van der Waals surface area contributed by atoms with Crippen LogP contribution in [0.25, 0.3) is 11.0 Å². The molecule has 0 amide bonds. The predicted octanol–water partition coefficient (Wildman–Crippen LogP) is 3.62. The molecule has 0 saturated heterocycles. The molecule has 3 atom stereocenters. The highest BCUT2D eigenvalue weighted by Crippen LogP contribution is 2.44. The summed E-state index contributed by atoms with van der Waals surface area (Å²) >= 11 is 0. The fourth-order valence-corrected chi connectivity index (χ4v) is 3.96. The lowest BCUT2D eigenvalue weighted by Gasteiger charge is -2.20. The van der Waals surface area contributed by atoms with Gasteiger partial charge in [-0.1, -0.05) is 25.0 Å². The van der Waals surface area contributed by atoms with Gasteiger partial charge in [-0.15, -0.1) is 0 Å². The molecule has 3 nitrogen and oxygen atoms in total. The van der Waals surface area contributed by atoms with E-state index in [0.717, 1.165) is 28.7 Å². The van der Waals surface area contributed by atoms with Crippen molar-refractivity contribution in [1.29, 1.82) is 0 Å². The van der Waals surface area contributed by atoms with E-state index in [1.165, 1.54) is 32.1 Å². The Morgan fingerprint density at radius 1 is 1.00 bits per heavy atom. The second-order valence-corrected chi connectivity index (χ2v) is 5.93. The standard InChI is InChI=1S/C16H19N3/c1-2-7-15-14(6-1)17-10-16(19-15)18-13-9-8-11-4-3-5-12(11)13/h1-2,6-7,10-13H,3-5,8-9H2,(H,18,19). The lowest BCUT2D eigenvalue weighted by Crippen LogP contribution is -2.25. The molecule has 2 saturated carbocycles. The molecule has 1 heterocycles. The van der Waals surface area contributed by atoms with Gasteiger partial charge < -0.3 is 5.32 Å². The summed E-state index contributed by atoms with van der Waals surface area (Å²) in [6.07, 6.45) is 8.81. The van der Waals surface area contributed by atoms with Gasteiger partial charge in [0.1, 0.15) is 5.82 Å². The fourth-order valence-electron chi connectivity index (χ4n) is 3.96. The molecule has 1 aromatic heterocycles. The summed E-state index contributed by atoms with van der Waals surface area (Å²) in [6, 6.07) is 8.67. The molecule has 0 radical (unpaired) electrons. The number of rotatable bonds is 2. The Hall–Kier alpha value is -1.64. The molecule has 2 aliphatic carbocycles. The molecule has 98 valence electrons. The summed E-state index contributed by atoms with van der Waals surface area (Å²) < 4.78 is 0. The number of nitrogens with zero attached hydrogens (tertiary/aromatic N) is 2. The van der Waals surface area contributed by atoms with Crippen molar-refractivity contribution in [2.24, 2.45) is 11.8 Å². The van der Waals surface area contributed by atoms with Gasteiger partial charge in [0, 0.05) is 6.04 Å². The van der Waals surface area contributed by atoms with Gasteiger partial charge in [-0.2, -0.15) is 0 Å². The molecule has 2 aliphatic rings. The van der Waals surface area contributed by atoms with E-state index in [2.05, 4.69) is 15.3 Å². The van der Waals surface area contributed by atoms with Crippen LogP contribution in [0.15, 0.2) is 30.5 Å². The molecule has 2 aromatic rings. The molecule has 2 fully saturated rings.